The summed E-state index contributed by atoms with van der Waals surface area (Å²) >= 11 is 0. The van der Waals surface area contributed by atoms with Gasteiger partial charge in [0.15, 0.2) is 0 Å². The number of anilines is 1. The molecule has 0 radical (unpaired) electrons. The van der Waals surface area contributed by atoms with Gasteiger partial charge in [0.2, 0.25) is 5.91 Å². The van der Waals surface area contributed by atoms with Crippen LogP contribution in [-0.4, -0.2) is 39.5 Å². The normalized spacial score (nSPS) is 17.1. The lowest BCUT2D eigenvalue weighted by molar-refractivity contribution is -0.119. The van der Waals surface area contributed by atoms with Gasteiger partial charge in [-0.3, -0.25) is 9.69 Å². The number of halogens is 1. The van der Waals surface area contributed by atoms with E-state index in [-0.39, 0.29) is 30.3 Å². The van der Waals surface area contributed by atoms with Crippen LogP contribution in [0.3, 0.4) is 0 Å². The molecule has 1 aliphatic carbocycles. The van der Waals surface area contributed by atoms with Crippen LogP contribution < -0.4 is 10.2 Å². The van der Waals surface area contributed by atoms with Crippen molar-refractivity contribution < 1.29 is 14.0 Å². The van der Waals surface area contributed by atoms with Crippen molar-refractivity contribution in [3.8, 4) is 5.69 Å². The summed E-state index contributed by atoms with van der Waals surface area (Å²) in [5, 5.41) is 3.00. The molecule has 2 heterocycles. The summed E-state index contributed by atoms with van der Waals surface area (Å²) in [7, 11) is 0. The number of nitrogens with one attached hydrogen (secondary N) is 1. The number of hydrogen-bond acceptors (Lipinski definition) is 2. The third-order valence-electron chi connectivity index (χ3n) is 6.21. The fraction of sp³-hybridized carbons (Fsp3) is 0.333. The summed E-state index contributed by atoms with van der Waals surface area (Å²) in [5.74, 6) is -0.503. The lowest BCUT2D eigenvalue weighted by Gasteiger charge is -2.39. The molecule has 3 aromatic rings. The lowest BCUT2D eigenvalue weighted by atomic mass is 9.97. The van der Waals surface area contributed by atoms with Gasteiger partial charge in [0.25, 0.3) is 0 Å². The summed E-state index contributed by atoms with van der Waals surface area (Å²) in [6.07, 6.45) is 3.76. The molecule has 2 aliphatic rings. The molecule has 7 heteroatoms. The Morgan fingerprint density at radius 3 is 2.32 bits per heavy atom. The van der Waals surface area contributed by atoms with Gasteiger partial charge in [0.1, 0.15) is 18.4 Å². The molecular weight excluding hydrogens is 431 g/mol. The zero-order valence-corrected chi connectivity index (χ0v) is 19.7. The highest BCUT2D eigenvalue weighted by Crippen LogP contribution is 2.42. The number of amides is 3. The smallest absolute Gasteiger partial charge is 0.318 e. The summed E-state index contributed by atoms with van der Waals surface area (Å²) in [4.78, 5) is 30.4. The zero-order chi connectivity index (χ0) is 24.0. The summed E-state index contributed by atoms with van der Waals surface area (Å²) in [5.41, 5.74) is 2.98. The monoisotopic (exact) mass is 460 g/mol. The van der Waals surface area contributed by atoms with E-state index < -0.39 is 11.6 Å². The minimum Gasteiger partial charge on any atom is -0.333 e. The topological polar surface area (TPSA) is 57.6 Å². The van der Waals surface area contributed by atoms with Gasteiger partial charge < -0.3 is 14.8 Å². The average molecular weight is 461 g/mol. The predicted molar refractivity (Wildman–Crippen MR) is 130 cm³/mol. The average Bonchev–Trinajstić information content (AvgIpc) is 3.51. The van der Waals surface area contributed by atoms with E-state index >= 15 is 0 Å². The molecule has 1 saturated carbocycles. The van der Waals surface area contributed by atoms with E-state index in [1.807, 2.05) is 63.4 Å². The van der Waals surface area contributed by atoms with E-state index in [4.69, 9.17) is 0 Å². The molecule has 1 fully saturated rings. The van der Waals surface area contributed by atoms with Crippen LogP contribution in [0.25, 0.3) is 5.69 Å². The van der Waals surface area contributed by atoms with Crippen molar-refractivity contribution in [1.82, 2.24) is 14.8 Å². The Morgan fingerprint density at radius 2 is 1.68 bits per heavy atom. The predicted octanol–water partition coefficient (Wildman–Crippen LogP) is 5.02. The largest absolute Gasteiger partial charge is 0.333 e. The van der Waals surface area contributed by atoms with Crippen LogP contribution in [0.15, 0.2) is 66.9 Å². The molecule has 6 nitrogen and oxygen atoms in total. The summed E-state index contributed by atoms with van der Waals surface area (Å²) in [6.45, 7) is 5.76. The van der Waals surface area contributed by atoms with Crippen LogP contribution in [0, 0.1) is 5.82 Å². The molecular formula is C27H29FN4O2. The first kappa shape index (κ1) is 22.2. The quantitative estimate of drug-likeness (QED) is 0.594. The van der Waals surface area contributed by atoms with Crippen molar-refractivity contribution in [1.29, 1.82) is 0 Å². The Labute approximate surface area is 199 Å². The first-order valence-electron chi connectivity index (χ1n) is 11.7. The van der Waals surface area contributed by atoms with Crippen molar-refractivity contribution in [2.24, 2.45) is 0 Å². The molecule has 5 rings (SSSR count). The maximum Gasteiger partial charge on any atom is 0.318 e. The first-order valence-corrected chi connectivity index (χ1v) is 11.7. The molecule has 176 valence electrons. The Bertz CT molecular complexity index is 1220. The highest BCUT2D eigenvalue weighted by atomic mass is 19.1. The van der Waals surface area contributed by atoms with Crippen molar-refractivity contribution >= 4 is 17.6 Å². The zero-order valence-electron chi connectivity index (χ0n) is 19.7. The van der Waals surface area contributed by atoms with Crippen LogP contribution in [0.1, 0.15) is 50.9 Å². The third-order valence-corrected chi connectivity index (χ3v) is 6.21. The third kappa shape index (κ3) is 4.18. The molecule has 3 amide bonds. The SMILES string of the molecule is CC(C)(C)NC(=O)N(CC(=O)N1c2ccccc2-n2cccc2C1c1ccc(F)cc1)C1CC1. The maximum absolute atomic E-state index is 14.0. The molecule has 1 aliphatic heterocycles. The van der Waals surface area contributed by atoms with Gasteiger partial charge in [0, 0.05) is 17.8 Å². The molecule has 1 unspecified atom stereocenters. The number of para-hydroxylation sites is 2. The van der Waals surface area contributed by atoms with E-state index in [1.165, 1.54) is 12.1 Å². The number of carbonyl (C=O) groups is 2. The summed E-state index contributed by atoms with van der Waals surface area (Å²) in [6, 6.07) is 17.3. The molecule has 1 N–H and O–H groups in total. The number of carbonyl (C=O) groups excluding carboxylic acids is 2. The van der Waals surface area contributed by atoms with Gasteiger partial charge in [-0.15, -0.1) is 0 Å². The molecule has 2 aromatic carbocycles. The molecule has 1 aromatic heterocycles. The van der Waals surface area contributed by atoms with Gasteiger partial charge in [-0.2, -0.15) is 0 Å². The number of aromatic nitrogens is 1. The minimum atomic E-state index is -0.440. The maximum atomic E-state index is 14.0. The molecule has 0 spiro atoms. The van der Waals surface area contributed by atoms with Crippen LogP contribution in [0.2, 0.25) is 0 Å². The van der Waals surface area contributed by atoms with Crippen molar-refractivity contribution in [3.05, 3.63) is 83.9 Å². The van der Waals surface area contributed by atoms with Crippen molar-refractivity contribution in [2.75, 3.05) is 11.4 Å². The second-order valence-electron chi connectivity index (χ2n) is 10.0. The number of fused-ring (bicyclic) bond motifs is 3. The van der Waals surface area contributed by atoms with Crippen LogP contribution in [0.4, 0.5) is 14.9 Å². The summed E-state index contributed by atoms with van der Waals surface area (Å²) < 4.78 is 15.8. The van der Waals surface area contributed by atoms with Crippen LogP contribution in [0.5, 0.6) is 0 Å². The van der Waals surface area contributed by atoms with Crippen LogP contribution in [-0.2, 0) is 4.79 Å². The number of rotatable bonds is 4. The molecule has 34 heavy (non-hydrogen) atoms. The molecule has 0 bridgehead atoms. The lowest BCUT2D eigenvalue weighted by Crippen LogP contribution is -2.53. The Hall–Kier alpha value is -3.61. The van der Waals surface area contributed by atoms with Crippen LogP contribution >= 0.6 is 0 Å². The first-order chi connectivity index (χ1) is 16.2. The van der Waals surface area contributed by atoms with E-state index in [1.54, 1.807) is 21.9 Å². The Morgan fingerprint density at radius 1 is 1.00 bits per heavy atom. The molecule has 0 saturated heterocycles. The Balaban J connectivity index is 1.55. The Kier molecular flexibility index (Phi) is 5.42. The highest BCUT2D eigenvalue weighted by Gasteiger charge is 2.40. The number of nitrogens with zero attached hydrogens (tertiary/aromatic N) is 3. The highest BCUT2D eigenvalue weighted by molar-refractivity contribution is 6.00. The fourth-order valence-electron chi connectivity index (χ4n) is 4.59. The fourth-order valence-corrected chi connectivity index (χ4v) is 4.59. The minimum absolute atomic E-state index is 0.0285. The second-order valence-corrected chi connectivity index (χ2v) is 10.0. The van der Waals surface area contributed by atoms with Gasteiger partial charge >= 0.3 is 6.03 Å². The van der Waals surface area contributed by atoms with E-state index in [2.05, 4.69) is 9.88 Å². The van der Waals surface area contributed by atoms with E-state index in [0.717, 1.165) is 35.5 Å². The van der Waals surface area contributed by atoms with E-state index in [0.29, 0.717) is 0 Å². The molecule has 1 atom stereocenters. The van der Waals surface area contributed by atoms with E-state index in [9.17, 15) is 14.0 Å². The number of urea groups is 1. The number of benzene rings is 2. The van der Waals surface area contributed by atoms with Crippen molar-refractivity contribution in [2.45, 2.75) is 51.2 Å². The number of hydrogen-bond donors (Lipinski definition) is 1. The standard InChI is InChI=1S/C27H29FN4O2/c1-27(2,3)29-26(34)31(20-14-15-20)17-24(33)32-22-8-5-4-7-21(22)30-16-6-9-23(30)25(32)18-10-12-19(28)13-11-18/h4-13,16,20,25H,14-15,17H2,1-3H3,(H,29,34). The second kappa shape index (κ2) is 8.31. The van der Waals surface area contributed by atoms with Gasteiger partial charge in [-0.05, 0) is 75.6 Å². The van der Waals surface area contributed by atoms with Gasteiger partial charge in [-0.25, -0.2) is 9.18 Å². The van der Waals surface area contributed by atoms with Crippen molar-refractivity contribution in [3.63, 3.8) is 0 Å². The van der Waals surface area contributed by atoms with Gasteiger partial charge in [0.05, 0.1) is 17.1 Å². The van der Waals surface area contributed by atoms with Gasteiger partial charge in [-0.1, -0.05) is 24.3 Å².